The summed E-state index contributed by atoms with van der Waals surface area (Å²) < 4.78 is 8.79. The highest BCUT2D eigenvalue weighted by Gasteiger charge is 2.53. The molecular weight excluding hydrogens is 620 g/mol. The van der Waals surface area contributed by atoms with Crippen LogP contribution in [0.1, 0.15) is 22.3 Å². The first kappa shape index (κ1) is 22.9. The molecule has 0 amide bonds. The number of ether oxygens (including phenoxy) is 1. The van der Waals surface area contributed by atoms with Gasteiger partial charge in [-0.1, -0.05) is 123 Å². The lowest BCUT2D eigenvalue weighted by molar-refractivity contribution is 0.437. The van der Waals surface area contributed by atoms with Crippen LogP contribution in [0.4, 0.5) is 0 Å². The van der Waals surface area contributed by atoms with Gasteiger partial charge in [-0.3, -0.25) is 0 Å². The molecule has 3 heteroatoms. The summed E-state index contributed by atoms with van der Waals surface area (Å²) in [5.41, 5.74) is 7.04. The highest BCUT2D eigenvalue weighted by Crippen LogP contribution is 2.66. The summed E-state index contributed by atoms with van der Waals surface area (Å²) in [5.74, 6) is 1.81. The summed E-state index contributed by atoms with van der Waals surface area (Å²) in [5, 5.41) is 7.53. The molecule has 7 aromatic rings. The maximum atomic E-state index is 6.61. The van der Waals surface area contributed by atoms with Gasteiger partial charge >= 0.3 is 0 Å². The van der Waals surface area contributed by atoms with Crippen LogP contribution in [0.15, 0.2) is 130 Å². The summed E-state index contributed by atoms with van der Waals surface area (Å²) in [6.07, 6.45) is 0. The normalized spacial score (nSPS) is 14.2. The van der Waals surface area contributed by atoms with E-state index in [1.165, 1.54) is 65.7 Å². The third kappa shape index (κ3) is 2.72. The minimum absolute atomic E-state index is 0.557. The fourth-order valence-corrected chi connectivity index (χ4v) is 8.33. The lowest BCUT2D eigenvalue weighted by atomic mass is 9.65. The van der Waals surface area contributed by atoms with E-state index in [0.29, 0.717) is 0 Å². The molecule has 0 aromatic heterocycles. The van der Waals surface area contributed by atoms with Gasteiger partial charge in [0, 0.05) is 20.1 Å². The molecule has 1 spiro atoms. The Morgan fingerprint density at radius 1 is 0.450 bits per heavy atom. The van der Waals surface area contributed by atoms with E-state index < -0.39 is 5.41 Å². The Labute approximate surface area is 248 Å². The molecule has 1 aliphatic carbocycles. The van der Waals surface area contributed by atoms with Crippen LogP contribution in [-0.2, 0) is 5.41 Å². The summed E-state index contributed by atoms with van der Waals surface area (Å²) in [6, 6.07) is 44.0. The van der Waals surface area contributed by atoms with E-state index in [1.807, 2.05) is 0 Å². The van der Waals surface area contributed by atoms with E-state index in [9.17, 15) is 0 Å². The molecule has 1 aliphatic heterocycles. The first-order valence-corrected chi connectivity index (χ1v) is 15.0. The molecule has 0 bridgehead atoms. The van der Waals surface area contributed by atoms with E-state index in [-0.39, 0.29) is 0 Å². The van der Waals surface area contributed by atoms with Crippen molar-refractivity contribution < 1.29 is 4.74 Å². The predicted molar refractivity (Wildman–Crippen MR) is 172 cm³/mol. The number of hydrogen-bond acceptors (Lipinski definition) is 1. The van der Waals surface area contributed by atoms with Crippen LogP contribution >= 0.6 is 31.9 Å². The number of fused-ring (bicyclic) bond motifs is 16. The zero-order chi connectivity index (χ0) is 26.6. The maximum Gasteiger partial charge on any atom is 0.132 e. The Morgan fingerprint density at radius 2 is 1.02 bits per heavy atom. The van der Waals surface area contributed by atoms with Crippen LogP contribution in [0, 0.1) is 0 Å². The van der Waals surface area contributed by atoms with Crippen LogP contribution < -0.4 is 4.74 Å². The largest absolute Gasteiger partial charge is 0.457 e. The van der Waals surface area contributed by atoms with Gasteiger partial charge in [0.05, 0.1) is 5.41 Å². The molecule has 7 aromatic carbocycles. The van der Waals surface area contributed by atoms with Gasteiger partial charge < -0.3 is 4.74 Å². The van der Waals surface area contributed by atoms with Gasteiger partial charge in [-0.2, -0.15) is 0 Å². The molecule has 40 heavy (non-hydrogen) atoms. The molecule has 1 nitrogen and oxygen atoms in total. The standard InChI is InChI=1S/C37H20Br2O/c38-21-17-18-26-27(19-21)22-9-1-3-11-24(22)35-34-25-12-4-2-10-23(25)31(39)20-30(34)37(36(26)35)28-13-5-7-15-32(28)40-33-16-8-6-14-29(33)37/h1-20H. The Hall–Kier alpha value is -3.92. The van der Waals surface area contributed by atoms with Crippen LogP contribution in [0.2, 0.25) is 0 Å². The number of benzene rings is 7. The SMILES string of the molecule is Brc1ccc2c3c(c4ccccc4c2c1)-c1c(cc(Br)c2ccccc12)C31c2ccccc2Oc2ccccc21. The highest BCUT2D eigenvalue weighted by atomic mass is 79.9. The molecule has 9 rings (SSSR count). The molecule has 0 atom stereocenters. The van der Waals surface area contributed by atoms with Gasteiger partial charge in [0.2, 0.25) is 0 Å². The second kappa shape index (κ2) is 8.06. The molecule has 2 aliphatic rings. The van der Waals surface area contributed by atoms with Crippen LogP contribution in [0.3, 0.4) is 0 Å². The quantitative estimate of drug-likeness (QED) is 0.150. The average molecular weight is 640 g/mol. The van der Waals surface area contributed by atoms with Crippen molar-refractivity contribution in [3.63, 3.8) is 0 Å². The van der Waals surface area contributed by atoms with E-state index in [1.54, 1.807) is 0 Å². The van der Waals surface area contributed by atoms with Gasteiger partial charge in [-0.25, -0.2) is 0 Å². The van der Waals surface area contributed by atoms with Gasteiger partial charge in [0.25, 0.3) is 0 Å². The maximum absolute atomic E-state index is 6.61. The zero-order valence-electron chi connectivity index (χ0n) is 21.2. The Bertz CT molecular complexity index is 2180. The summed E-state index contributed by atoms with van der Waals surface area (Å²) >= 11 is 7.78. The monoisotopic (exact) mass is 638 g/mol. The number of rotatable bonds is 0. The molecule has 0 unspecified atom stereocenters. The van der Waals surface area contributed by atoms with Crippen LogP contribution in [0.5, 0.6) is 11.5 Å². The fraction of sp³-hybridized carbons (Fsp3) is 0.0270. The molecular formula is C37H20Br2O. The fourth-order valence-electron chi connectivity index (χ4n) is 7.40. The second-order valence-electron chi connectivity index (χ2n) is 10.7. The lowest BCUT2D eigenvalue weighted by Gasteiger charge is -2.40. The van der Waals surface area contributed by atoms with Crippen molar-refractivity contribution in [1.29, 1.82) is 0 Å². The number of para-hydroxylation sites is 2. The van der Waals surface area contributed by atoms with Crippen molar-refractivity contribution in [3.05, 3.63) is 153 Å². The Kier molecular flexibility index (Phi) is 4.61. The first-order valence-electron chi connectivity index (χ1n) is 13.4. The van der Waals surface area contributed by atoms with Crippen LogP contribution in [-0.4, -0.2) is 0 Å². The lowest BCUT2D eigenvalue weighted by Crippen LogP contribution is -2.32. The number of halogens is 2. The van der Waals surface area contributed by atoms with Crippen molar-refractivity contribution in [3.8, 4) is 22.6 Å². The van der Waals surface area contributed by atoms with E-state index in [0.717, 1.165) is 20.4 Å². The van der Waals surface area contributed by atoms with E-state index in [4.69, 9.17) is 4.74 Å². The summed E-state index contributed by atoms with van der Waals surface area (Å²) in [6.45, 7) is 0. The van der Waals surface area contributed by atoms with E-state index >= 15 is 0 Å². The summed E-state index contributed by atoms with van der Waals surface area (Å²) in [7, 11) is 0. The van der Waals surface area contributed by atoms with Gasteiger partial charge in [-0.15, -0.1) is 0 Å². The van der Waals surface area contributed by atoms with Gasteiger partial charge in [-0.05, 0) is 84.9 Å². The van der Waals surface area contributed by atoms with E-state index in [2.05, 4.69) is 153 Å². The molecule has 0 saturated heterocycles. The van der Waals surface area contributed by atoms with Crippen molar-refractivity contribution in [2.75, 3.05) is 0 Å². The topological polar surface area (TPSA) is 9.23 Å². The van der Waals surface area contributed by atoms with Gasteiger partial charge in [0.1, 0.15) is 11.5 Å². The van der Waals surface area contributed by atoms with Gasteiger partial charge in [0.15, 0.2) is 0 Å². The smallest absolute Gasteiger partial charge is 0.132 e. The third-order valence-corrected chi connectivity index (χ3v) is 9.96. The van der Waals surface area contributed by atoms with Crippen LogP contribution in [0.25, 0.3) is 43.4 Å². The predicted octanol–water partition coefficient (Wildman–Crippen LogP) is 11.1. The minimum Gasteiger partial charge on any atom is -0.457 e. The van der Waals surface area contributed by atoms with Crippen molar-refractivity contribution >= 4 is 64.2 Å². The minimum atomic E-state index is -0.557. The molecule has 0 saturated carbocycles. The molecule has 0 N–H and O–H groups in total. The Morgan fingerprint density at radius 3 is 1.73 bits per heavy atom. The molecule has 0 fully saturated rings. The molecule has 188 valence electrons. The Balaban J connectivity index is 1.65. The number of hydrogen-bond donors (Lipinski definition) is 0. The third-order valence-electron chi connectivity index (χ3n) is 8.81. The first-order chi connectivity index (χ1) is 19.7. The zero-order valence-corrected chi connectivity index (χ0v) is 24.4. The van der Waals surface area contributed by atoms with Crippen molar-refractivity contribution in [2.24, 2.45) is 0 Å². The average Bonchev–Trinajstić information content (AvgIpc) is 3.29. The van der Waals surface area contributed by atoms with Crippen molar-refractivity contribution in [2.45, 2.75) is 5.41 Å². The summed E-state index contributed by atoms with van der Waals surface area (Å²) in [4.78, 5) is 0. The van der Waals surface area contributed by atoms with Crippen molar-refractivity contribution in [1.82, 2.24) is 0 Å². The molecule has 0 radical (unpaired) electrons. The molecule has 1 heterocycles. The second-order valence-corrected chi connectivity index (χ2v) is 12.4. The highest BCUT2D eigenvalue weighted by molar-refractivity contribution is 9.11.